The van der Waals surface area contributed by atoms with Gasteiger partial charge in [0.05, 0.1) is 24.7 Å². The fourth-order valence-corrected chi connectivity index (χ4v) is 2.74. The molecule has 2 fully saturated rings. The molecule has 0 radical (unpaired) electrons. The zero-order valence-corrected chi connectivity index (χ0v) is 12.8. The summed E-state index contributed by atoms with van der Waals surface area (Å²) in [7, 11) is 0. The van der Waals surface area contributed by atoms with Gasteiger partial charge < -0.3 is 24.6 Å². The molecule has 1 amide bonds. The van der Waals surface area contributed by atoms with Crippen molar-refractivity contribution in [2.45, 2.75) is 38.2 Å². The minimum atomic E-state index is -0.896. The highest BCUT2D eigenvalue weighted by molar-refractivity contribution is 5.79. The number of aliphatic carboxylic acids is 1. The first-order chi connectivity index (χ1) is 10.6. The maximum absolute atomic E-state index is 11.8. The van der Waals surface area contributed by atoms with Gasteiger partial charge in [-0.3, -0.25) is 9.59 Å². The summed E-state index contributed by atoms with van der Waals surface area (Å²) in [6, 6.07) is 0. The molecule has 126 valence electrons. The van der Waals surface area contributed by atoms with Gasteiger partial charge >= 0.3 is 5.97 Å². The molecule has 0 bridgehead atoms. The maximum Gasteiger partial charge on any atom is 0.311 e. The minimum Gasteiger partial charge on any atom is -0.481 e. The fraction of sp³-hybridized carbons (Fsp3) is 0.867. The van der Waals surface area contributed by atoms with E-state index in [1.807, 2.05) is 0 Å². The normalized spacial score (nSPS) is 24.1. The predicted molar refractivity (Wildman–Crippen MR) is 77.5 cm³/mol. The Balaban J connectivity index is 1.62. The summed E-state index contributed by atoms with van der Waals surface area (Å²) in [6.45, 7) is 2.63. The average molecular weight is 315 g/mol. The third-order valence-electron chi connectivity index (χ3n) is 4.33. The third kappa shape index (κ3) is 4.93. The van der Waals surface area contributed by atoms with Gasteiger partial charge in [-0.25, -0.2) is 0 Å². The van der Waals surface area contributed by atoms with Crippen LogP contribution < -0.4 is 5.32 Å². The molecule has 2 rings (SSSR count). The molecule has 22 heavy (non-hydrogen) atoms. The Morgan fingerprint density at radius 1 is 1.27 bits per heavy atom. The highest BCUT2D eigenvalue weighted by atomic mass is 16.5. The zero-order chi connectivity index (χ0) is 15.8. The van der Waals surface area contributed by atoms with E-state index >= 15 is 0 Å². The maximum atomic E-state index is 11.8. The van der Waals surface area contributed by atoms with Gasteiger partial charge in [-0.2, -0.15) is 0 Å². The van der Waals surface area contributed by atoms with E-state index in [0.29, 0.717) is 39.3 Å². The van der Waals surface area contributed by atoms with E-state index in [1.54, 1.807) is 0 Å². The van der Waals surface area contributed by atoms with E-state index < -0.39 is 11.4 Å². The van der Waals surface area contributed by atoms with Crippen molar-refractivity contribution >= 4 is 11.9 Å². The standard InChI is InChI=1S/C15H25NO6/c17-13(3-7-21-10-12-2-1-6-22-12)16-11-15(14(18)19)4-8-20-9-5-15/h12H,1-11H2,(H,16,17)(H,18,19). The van der Waals surface area contributed by atoms with Crippen molar-refractivity contribution < 1.29 is 28.9 Å². The first-order valence-corrected chi connectivity index (χ1v) is 7.90. The van der Waals surface area contributed by atoms with Gasteiger partial charge in [0.25, 0.3) is 0 Å². The molecule has 7 nitrogen and oxygen atoms in total. The SMILES string of the molecule is O=C(CCOCC1CCCO1)NCC1(C(=O)O)CCOCC1. The summed E-state index contributed by atoms with van der Waals surface area (Å²) < 4.78 is 16.1. The number of carboxylic acids is 1. The molecular weight excluding hydrogens is 290 g/mol. The lowest BCUT2D eigenvalue weighted by Crippen LogP contribution is -2.46. The van der Waals surface area contributed by atoms with E-state index in [9.17, 15) is 14.7 Å². The highest BCUT2D eigenvalue weighted by Crippen LogP contribution is 2.30. The topological polar surface area (TPSA) is 94.1 Å². The van der Waals surface area contributed by atoms with Crippen LogP contribution in [0.2, 0.25) is 0 Å². The van der Waals surface area contributed by atoms with Crippen molar-refractivity contribution in [2.75, 3.05) is 39.6 Å². The van der Waals surface area contributed by atoms with E-state index in [1.165, 1.54) is 0 Å². The summed E-state index contributed by atoms with van der Waals surface area (Å²) in [6.07, 6.45) is 3.32. The quantitative estimate of drug-likeness (QED) is 0.636. The van der Waals surface area contributed by atoms with E-state index in [-0.39, 0.29) is 25.0 Å². The van der Waals surface area contributed by atoms with Crippen LogP contribution in [-0.2, 0) is 23.8 Å². The molecule has 2 saturated heterocycles. The summed E-state index contributed by atoms with van der Waals surface area (Å²) in [5, 5.41) is 12.1. The molecule has 2 aliphatic rings. The molecule has 0 aromatic carbocycles. The number of rotatable bonds is 8. The fourth-order valence-electron chi connectivity index (χ4n) is 2.74. The monoisotopic (exact) mass is 315 g/mol. The molecule has 1 atom stereocenters. The molecule has 0 aromatic rings. The number of nitrogens with one attached hydrogen (secondary N) is 1. The number of hydrogen-bond donors (Lipinski definition) is 2. The van der Waals surface area contributed by atoms with Crippen molar-refractivity contribution in [1.29, 1.82) is 0 Å². The number of ether oxygens (including phenoxy) is 3. The lowest BCUT2D eigenvalue weighted by atomic mass is 9.80. The number of hydrogen-bond acceptors (Lipinski definition) is 5. The van der Waals surface area contributed by atoms with E-state index in [2.05, 4.69) is 5.32 Å². The van der Waals surface area contributed by atoms with Crippen molar-refractivity contribution in [3.8, 4) is 0 Å². The Morgan fingerprint density at radius 2 is 2.05 bits per heavy atom. The Hall–Kier alpha value is -1.18. The van der Waals surface area contributed by atoms with Crippen molar-refractivity contribution in [3.63, 3.8) is 0 Å². The largest absolute Gasteiger partial charge is 0.481 e. The van der Waals surface area contributed by atoms with E-state index in [4.69, 9.17) is 14.2 Å². The Kier molecular flexibility index (Phi) is 6.60. The highest BCUT2D eigenvalue weighted by Gasteiger charge is 2.40. The Morgan fingerprint density at radius 3 is 2.68 bits per heavy atom. The first kappa shape index (κ1) is 17.2. The molecule has 7 heteroatoms. The van der Waals surface area contributed by atoms with Gasteiger partial charge in [-0.05, 0) is 25.7 Å². The summed E-state index contributed by atoms with van der Waals surface area (Å²) in [5.41, 5.74) is -0.896. The molecular formula is C15H25NO6. The molecule has 2 aliphatic heterocycles. The summed E-state index contributed by atoms with van der Waals surface area (Å²) in [4.78, 5) is 23.3. The minimum absolute atomic E-state index is 0.149. The third-order valence-corrected chi connectivity index (χ3v) is 4.33. The van der Waals surface area contributed by atoms with Crippen LogP contribution in [0.15, 0.2) is 0 Å². The Labute approximate surface area is 130 Å². The van der Waals surface area contributed by atoms with E-state index in [0.717, 1.165) is 19.4 Å². The van der Waals surface area contributed by atoms with Crippen LogP contribution >= 0.6 is 0 Å². The lowest BCUT2D eigenvalue weighted by molar-refractivity contribution is -0.154. The van der Waals surface area contributed by atoms with Crippen LogP contribution in [0.3, 0.4) is 0 Å². The Bertz CT molecular complexity index is 374. The molecule has 0 aromatic heterocycles. The van der Waals surface area contributed by atoms with Crippen LogP contribution in [0.5, 0.6) is 0 Å². The van der Waals surface area contributed by atoms with Gasteiger partial charge in [-0.15, -0.1) is 0 Å². The molecule has 0 saturated carbocycles. The zero-order valence-electron chi connectivity index (χ0n) is 12.8. The van der Waals surface area contributed by atoms with Gasteiger partial charge in [0.2, 0.25) is 5.91 Å². The number of carbonyl (C=O) groups excluding carboxylic acids is 1. The van der Waals surface area contributed by atoms with Crippen molar-refractivity contribution in [3.05, 3.63) is 0 Å². The van der Waals surface area contributed by atoms with Gasteiger partial charge in [0.15, 0.2) is 0 Å². The number of amides is 1. The molecule has 0 aliphatic carbocycles. The summed E-state index contributed by atoms with van der Waals surface area (Å²) in [5.74, 6) is -1.05. The first-order valence-electron chi connectivity index (χ1n) is 7.90. The van der Waals surface area contributed by atoms with Crippen LogP contribution in [-0.4, -0.2) is 62.7 Å². The molecule has 2 N–H and O–H groups in total. The van der Waals surface area contributed by atoms with Crippen LogP contribution in [0, 0.1) is 5.41 Å². The molecule has 1 unspecified atom stereocenters. The van der Waals surface area contributed by atoms with Gasteiger partial charge in [-0.1, -0.05) is 0 Å². The lowest BCUT2D eigenvalue weighted by Gasteiger charge is -2.33. The number of carboxylic acid groups (broad SMARTS) is 1. The van der Waals surface area contributed by atoms with Crippen molar-refractivity contribution in [1.82, 2.24) is 5.32 Å². The smallest absolute Gasteiger partial charge is 0.311 e. The summed E-state index contributed by atoms with van der Waals surface area (Å²) >= 11 is 0. The second-order valence-corrected chi connectivity index (χ2v) is 5.93. The van der Waals surface area contributed by atoms with Gasteiger partial charge in [0.1, 0.15) is 0 Å². The molecule has 2 heterocycles. The number of carbonyl (C=O) groups is 2. The predicted octanol–water partition coefficient (Wildman–Crippen LogP) is 0.570. The van der Waals surface area contributed by atoms with Gasteiger partial charge in [0, 0.05) is 32.8 Å². The second-order valence-electron chi connectivity index (χ2n) is 5.93. The van der Waals surface area contributed by atoms with Crippen LogP contribution in [0.25, 0.3) is 0 Å². The van der Waals surface area contributed by atoms with Crippen LogP contribution in [0.4, 0.5) is 0 Å². The van der Waals surface area contributed by atoms with Crippen molar-refractivity contribution in [2.24, 2.45) is 5.41 Å². The van der Waals surface area contributed by atoms with Crippen LogP contribution in [0.1, 0.15) is 32.1 Å². The average Bonchev–Trinajstić information content (AvgIpc) is 3.04. The second kappa shape index (κ2) is 8.45. The molecule has 0 spiro atoms.